The molecular formula is C23H32N4O3. The Hall–Kier alpha value is -3.22. The summed E-state index contributed by atoms with van der Waals surface area (Å²) in [5.41, 5.74) is 2.82. The van der Waals surface area contributed by atoms with Gasteiger partial charge in [0.2, 0.25) is 0 Å². The molecule has 2 aromatic rings. The molecule has 30 heavy (non-hydrogen) atoms. The maximum Gasteiger partial charge on any atom is 0.251 e. The minimum absolute atomic E-state index is 0.0453. The number of rotatable bonds is 10. The summed E-state index contributed by atoms with van der Waals surface area (Å²) in [5, 5.41) is 9.49. The Labute approximate surface area is 178 Å². The van der Waals surface area contributed by atoms with E-state index in [4.69, 9.17) is 9.47 Å². The van der Waals surface area contributed by atoms with Crippen LogP contribution in [0.2, 0.25) is 0 Å². The highest BCUT2D eigenvalue weighted by molar-refractivity contribution is 5.94. The number of ether oxygens (including phenoxy) is 2. The summed E-state index contributed by atoms with van der Waals surface area (Å²) in [5.74, 6) is 2.10. The molecule has 0 aliphatic rings. The van der Waals surface area contributed by atoms with E-state index < -0.39 is 0 Å². The summed E-state index contributed by atoms with van der Waals surface area (Å²) in [7, 11) is 5.00. The highest BCUT2D eigenvalue weighted by Gasteiger charge is 2.07. The number of nitrogens with one attached hydrogen (secondary N) is 3. The zero-order chi connectivity index (χ0) is 21.8. The maximum absolute atomic E-state index is 12.1. The zero-order valence-corrected chi connectivity index (χ0v) is 18.2. The smallest absolute Gasteiger partial charge is 0.251 e. The molecule has 0 heterocycles. The fourth-order valence-corrected chi connectivity index (χ4v) is 2.93. The molecule has 0 saturated heterocycles. The van der Waals surface area contributed by atoms with Gasteiger partial charge in [-0.3, -0.25) is 9.79 Å². The average Bonchev–Trinajstić information content (AvgIpc) is 2.79. The van der Waals surface area contributed by atoms with Gasteiger partial charge in [0.05, 0.1) is 14.2 Å². The molecule has 0 atom stereocenters. The van der Waals surface area contributed by atoms with Gasteiger partial charge in [-0.05, 0) is 48.2 Å². The molecule has 0 spiro atoms. The molecule has 3 N–H and O–H groups in total. The highest BCUT2D eigenvalue weighted by Crippen LogP contribution is 2.27. The zero-order valence-electron chi connectivity index (χ0n) is 18.2. The number of methoxy groups -OCH3 is 2. The van der Waals surface area contributed by atoms with Crippen molar-refractivity contribution in [2.75, 3.05) is 34.4 Å². The molecule has 7 nitrogen and oxygen atoms in total. The van der Waals surface area contributed by atoms with Crippen molar-refractivity contribution in [2.45, 2.75) is 26.3 Å². The van der Waals surface area contributed by atoms with E-state index in [0.717, 1.165) is 35.5 Å². The minimum Gasteiger partial charge on any atom is -0.493 e. The highest BCUT2D eigenvalue weighted by atomic mass is 16.5. The lowest BCUT2D eigenvalue weighted by Gasteiger charge is -2.13. The summed E-state index contributed by atoms with van der Waals surface area (Å²) in [4.78, 5) is 16.4. The van der Waals surface area contributed by atoms with E-state index in [1.165, 1.54) is 0 Å². The number of nitrogens with zero attached hydrogens (tertiary/aromatic N) is 1. The van der Waals surface area contributed by atoms with Crippen LogP contribution in [0.3, 0.4) is 0 Å². The van der Waals surface area contributed by atoms with Gasteiger partial charge in [0, 0.05) is 32.2 Å². The van der Waals surface area contributed by atoms with Crippen molar-refractivity contribution in [3.05, 3.63) is 59.2 Å². The summed E-state index contributed by atoms with van der Waals surface area (Å²) < 4.78 is 10.6. The van der Waals surface area contributed by atoms with Gasteiger partial charge in [-0.25, -0.2) is 0 Å². The van der Waals surface area contributed by atoms with E-state index in [1.54, 1.807) is 21.3 Å². The fraction of sp³-hybridized carbons (Fsp3) is 0.391. The molecule has 0 saturated carbocycles. The van der Waals surface area contributed by atoms with Crippen LogP contribution in [-0.4, -0.2) is 46.2 Å². The second-order valence-corrected chi connectivity index (χ2v) is 6.75. The van der Waals surface area contributed by atoms with Crippen molar-refractivity contribution in [3.8, 4) is 11.5 Å². The van der Waals surface area contributed by atoms with Crippen LogP contribution in [0, 0.1) is 0 Å². The Morgan fingerprint density at radius 3 is 2.43 bits per heavy atom. The normalized spacial score (nSPS) is 11.0. The van der Waals surface area contributed by atoms with Crippen LogP contribution in [0.1, 0.15) is 34.8 Å². The van der Waals surface area contributed by atoms with Gasteiger partial charge in [-0.15, -0.1) is 0 Å². The fourth-order valence-electron chi connectivity index (χ4n) is 2.93. The molecule has 7 heteroatoms. The van der Waals surface area contributed by atoms with Crippen LogP contribution in [-0.2, 0) is 13.0 Å². The Bertz CT molecular complexity index is 852. The van der Waals surface area contributed by atoms with Gasteiger partial charge in [-0.2, -0.15) is 0 Å². The topological polar surface area (TPSA) is 84.0 Å². The first kappa shape index (κ1) is 23.1. The van der Waals surface area contributed by atoms with Crippen LogP contribution < -0.4 is 25.4 Å². The Morgan fingerprint density at radius 1 is 0.933 bits per heavy atom. The number of carbonyl (C=O) groups excluding carboxylic acids is 1. The van der Waals surface area contributed by atoms with Crippen molar-refractivity contribution < 1.29 is 14.3 Å². The first-order chi connectivity index (χ1) is 14.6. The van der Waals surface area contributed by atoms with E-state index in [0.29, 0.717) is 31.2 Å². The molecule has 0 radical (unpaired) electrons. The molecule has 0 unspecified atom stereocenters. The predicted molar refractivity (Wildman–Crippen MR) is 121 cm³/mol. The quantitative estimate of drug-likeness (QED) is 0.413. The number of aliphatic imine (C=N–C) groups is 1. The molecule has 0 aliphatic carbocycles. The van der Waals surface area contributed by atoms with Crippen LogP contribution in [0.15, 0.2) is 47.5 Å². The molecule has 2 rings (SSSR count). The first-order valence-corrected chi connectivity index (χ1v) is 10.1. The lowest BCUT2D eigenvalue weighted by molar-refractivity contribution is 0.0953. The largest absolute Gasteiger partial charge is 0.493 e. The van der Waals surface area contributed by atoms with Crippen molar-refractivity contribution >= 4 is 11.9 Å². The van der Waals surface area contributed by atoms with Crippen molar-refractivity contribution in [1.82, 2.24) is 16.0 Å². The number of hydrogen-bond donors (Lipinski definition) is 3. The summed E-state index contributed by atoms with van der Waals surface area (Å²) in [6.07, 6.45) is 1.73. The Balaban J connectivity index is 1.85. The molecule has 2 aromatic carbocycles. The van der Waals surface area contributed by atoms with Gasteiger partial charge >= 0.3 is 0 Å². The Morgan fingerprint density at radius 2 is 1.73 bits per heavy atom. The standard InChI is InChI=1S/C23H32N4O3/c1-5-12-25-22(28)19-8-6-7-18(14-19)16-27-23(24-2)26-13-11-17-9-10-20(29-3)21(15-17)30-4/h6-10,14-15H,5,11-13,16H2,1-4H3,(H,25,28)(H2,24,26,27). The van der Waals surface area contributed by atoms with Crippen LogP contribution >= 0.6 is 0 Å². The van der Waals surface area contributed by atoms with Crippen LogP contribution in [0.25, 0.3) is 0 Å². The third-order valence-corrected chi connectivity index (χ3v) is 4.56. The van der Waals surface area contributed by atoms with E-state index in [9.17, 15) is 4.79 Å². The van der Waals surface area contributed by atoms with Gasteiger partial charge < -0.3 is 25.4 Å². The van der Waals surface area contributed by atoms with E-state index in [1.807, 2.05) is 49.4 Å². The molecule has 0 aliphatic heterocycles. The second kappa shape index (κ2) is 12.4. The van der Waals surface area contributed by atoms with Crippen molar-refractivity contribution in [3.63, 3.8) is 0 Å². The SMILES string of the molecule is CCCNC(=O)c1cccc(CNC(=NC)NCCc2ccc(OC)c(OC)c2)c1. The minimum atomic E-state index is -0.0453. The van der Waals surface area contributed by atoms with Gasteiger partial charge in [-0.1, -0.05) is 25.1 Å². The van der Waals surface area contributed by atoms with Gasteiger partial charge in [0.15, 0.2) is 17.5 Å². The monoisotopic (exact) mass is 412 g/mol. The third kappa shape index (κ3) is 6.99. The lowest BCUT2D eigenvalue weighted by Crippen LogP contribution is -2.37. The van der Waals surface area contributed by atoms with Crippen molar-refractivity contribution in [1.29, 1.82) is 0 Å². The van der Waals surface area contributed by atoms with E-state index in [-0.39, 0.29) is 5.91 Å². The third-order valence-electron chi connectivity index (χ3n) is 4.56. The Kier molecular flexibility index (Phi) is 9.51. The molecular weight excluding hydrogens is 380 g/mol. The summed E-state index contributed by atoms with van der Waals surface area (Å²) in [6, 6.07) is 13.5. The van der Waals surface area contributed by atoms with Crippen molar-refractivity contribution in [2.24, 2.45) is 4.99 Å². The van der Waals surface area contributed by atoms with Gasteiger partial charge in [0.1, 0.15) is 0 Å². The second-order valence-electron chi connectivity index (χ2n) is 6.75. The van der Waals surface area contributed by atoms with E-state index in [2.05, 4.69) is 20.9 Å². The predicted octanol–water partition coefficient (Wildman–Crippen LogP) is 2.75. The number of benzene rings is 2. The average molecular weight is 413 g/mol. The van der Waals surface area contributed by atoms with Crippen LogP contribution in [0.5, 0.6) is 11.5 Å². The number of guanidine groups is 1. The number of hydrogen-bond acceptors (Lipinski definition) is 4. The summed E-state index contributed by atoms with van der Waals surface area (Å²) in [6.45, 7) is 4.00. The molecule has 0 aromatic heterocycles. The summed E-state index contributed by atoms with van der Waals surface area (Å²) >= 11 is 0. The van der Waals surface area contributed by atoms with E-state index >= 15 is 0 Å². The number of carbonyl (C=O) groups is 1. The van der Waals surface area contributed by atoms with Gasteiger partial charge in [0.25, 0.3) is 5.91 Å². The van der Waals surface area contributed by atoms with Crippen LogP contribution in [0.4, 0.5) is 0 Å². The molecule has 162 valence electrons. The molecule has 0 bridgehead atoms. The maximum atomic E-state index is 12.1. The molecule has 0 fully saturated rings. The lowest BCUT2D eigenvalue weighted by atomic mass is 10.1. The number of amides is 1. The first-order valence-electron chi connectivity index (χ1n) is 10.1. The molecule has 1 amide bonds.